The van der Waals surface area contributed by atoms with Gasteiger partial charge in [0.05, 0.1) is 12.5 Å². The van der Waals surface area contributed by atoms with Gasteiger partial charge in [-0.3, -0.25) is 4.99 Å². The van der Waals surface area contributed by atoms with Crippen LogP contribution in [-0.2, 0) is 4.74 Å². The van der Waals surface area contributed by atoms with Crippen molar-refractivity contribution in [1.29, 1.82) is 0 Å². The molecule has 0 heterocycles. The molecule has 0 amide bonds. The topological polar surface area (TPSA) is 45.6 Å². The number of aliphatic imine (C=N–C) groups is 1. The number of hydrogen-bond acceptors (Lipinski definition) is 2. The minimum absolute atomic E-state index is 0.0601. The van der Waals surface area contributed by atoms with Crippen LogP contribution in [-0.4, -0.2) is 44.5 Å². The molecule has 0 aromatic heterocycles. The quantitative estimate of drug-likeness (QED) is 0.430. The molecule has 0 bridgehead atoms. The first-order valence-corrected chi connectivity index (χ1v) is 7.86. The molecule has 1 fully saturated rings. The normalized spacial score (nSPS) is 24.8. The lowest BCUT2D eigenvalue weighted by Gasteiger charge is -2.52. The highest BCUT2D eigenvalue weighted by atomic mass is 19.4. The molecule has 7 heteroatoms. The van der Waals surface area contributed by atoms with Crippen molar-refractivity contribution in [3.8, 4) is 0 Å². The van der Waals surface area contributed by atoms with E-state index >= 15 is 0 Å². The van der Waals surface area contributed by atoms with Gasteiger partial charge in [0, 0.05) is 31.7 Å². The zero-order valence-electron chi connectivity index (χ0n) is 13.9. The van der Waals surface area contributed by atoms with Crippen molar-refractivity contribution in [2.45, 2.75) is 64.8 Å². The molecule has 2 N–H and O–H groups in total. The number of hydrogen-bond donors (Lipinski definition) is 2. The maximum atomic E-state index is 12.2. The van der Waals surface area contributed by atoms with Gasteiger partial charge in [0.15, 0.2) is 5.96 Å². The van der Waals surface area contributed by atoms with Crippen molar-refractivity contribution in [3.63, 3.8) is 0 Å². The van der Waals surface area contributed by atoms with Crippen LogP contribution >= 0.6 is 0 Å². The fourth-order valence-corrected chi connectivity index (χ4v) is 2.47. The minimum Gasteiger partial charge on any atom is -0.378 e. The van der Waals surface area contributed by atoms with Crippen LogP contribution in [0.5, 0.6) is 0 Å². The third kappa shape index (κ3) is 5.66. The Morgan fingerprint density at radius 1 is 1.36 bits per heavy atom. The Bertz CT molecular complexity index is 370. The maximum Gasteiger partial charge on any atom is 0.390 e. The number of rotatable bonds is 7. The molecular formula is C15H28F3N3O. The van der Waals surface area contributed by atoms with Gasteiger partial charge >= 0.3 is 6.18 Å². The van der Waals surface area contributed by atoms with Crippen LogP contribution in [0.3, 0.4) is 0 Å². The van der Waals surface area contributed by atoms with E-state index in [0.29, 0.717) is 5.96 Å². The number of nitrogens with one attached hydrogen (secondary N) is 2. The van der Waals surface area contributed by atoms with E-state index in [-0.39, 0.29) is 24.1 Å². The molecule has 0 aliphatic heterocycles. The van der Waals surface area contributed by atoms with Gasteiger partial charge in [0.2, 0.25) is 0 Å². The van der Waals surface area contributed by atoms with Crippen LogP contribution in [0.4, 0.5) is 13.2 Å². The molecule has 22 heavy (non-hydrogen) atoms. The molecule has 0 saturated heterocycles. The van der Waals surface area contributed by atoms with Crippen molar-refractivity contribution in [2.75, 3.05) is 20.2 Å². The Kier molecular flexibility index (Phi) is 6.97. The van der Waals surface area contributed by atoms with Gasteiger partial charge in [-0.05, 0) is 12.8 Å². The van der Waals surface area contributed by atoms with Gasteiger partial charge in [-0.2, -0.15) is 13.2 Å². The van der Waals surface area contributed by atoms with Crippen LogP contribution < -0.4 is 10.6 Å². The lowest BCUT2D eigenvalue weighted by Crippen LogP contribution is -2.63. The highest BCUT2D eigenvalue weighted by Gasteiger charge is 2.49. The van der Waals surface area contributed by atoms with Crippen molar-refractivity contribution in [1.82, 2.24) is 10.6 Å². The highest BCUT2D eigenvalue weighted by molar-refractivity contribution is 5.80. The summed E-state index contributed by atoms with van der Waals surface area (Å²) in [5.41, 5.74) is -0.0601. The van der Waals surface area contributed by atoms with Crippen molar-refractivity contribution < 1.29 is 17.9 Å². The lowest BCUT2D eigenvalue weighted by molar-refractivity contribution is -0.132. The SMILES string of the molecule is CCCCOC1CC(NC(=NC)NCCC(F)(F)F)C1(C)C. The van der Waals surface area contributed by atoms with Crippen LogP contribution in [0, 0.1) is 5.41 Å². The number of halogens is 3. The fourth-order valence-electron chi connectivity index (χ4n) is 2.47. The Labute approximate surface area is 130 Å². The summed E-state index contributed by atoms with van der Waals surface area (Å²) >= 11 is 0. The summed E-state index contributed by atoms with van der Waals surface area (Å²) in [7, 11) is 1.56. The first kappa shape index (κ1) is 19.1. The Hall–Kier alpha value is -0.980. The first-order chi connectivity index (χ1) is 10.2. The zero-order valence-corrected chi connectivity index (χ0v) is 13.9. The van der Waals surface area contributed by atoms with E-state index in [1.54, 1.807) is 7.05 Å². The third-order valence-electron chi connectivity index (χ3n) is 4.23. The van der Waals surface area contributed by atoms with Crippen LogP contribution in [0.1, 0.15) is 46.5 Å². The largest absolute Gasteiger partial charge is 0.390 e. The predicted octanol–water partition coefficient (Wildman–Crippen LogP) is 3.09. The van der Waals surface area contributed by atoms with Gasteiger partial charge in [0.25, 0.3) is 0 Å². The smallest absolute Gasteiger partial charge is 0.378 e. The predicted molar refractivity (Wildman–Crippen MR) is 82.0 cm³/mol. The second kappa shape index (κ2) is 8.04. The molecule has 0 aromatic carbocycles. The summed E-state index contributed by atoms with van der Waals surface area (Å²) < 4.78 is 42.3. The van der Waals surface area contributed by atoms with E-state index in [1.165, 1.54) is 0 Å². The summed E-state index contributed by atoms with van der Waals surface area (Å²) in [6, 6.07) is 0.149. The Balaban J connectivity index is 2.36. The van der Waals surface area contributed by atoms with E-state index < -0.39 is 12.6 Å². The summed E-state index contributed by atoms with van der Waals surface area (Å²) in [6.07, 6.45) is -1.85. The van der Waals surface area contributed by atoms with Crippen molar-refractivity contribution in [2.24, 2.45) is 10.4 Å². The summed E-state index contributed by atoms with van der Waals surface area (Å²) in [4.78, 5) is 3.98. The van der Waals surface area contributed by atoms with Crippen molar-refractivity contribution >= 4 is 5.96 Å². The van der Waals surface area contributed by atoms with Gasteiger partial charge in [-0.25, -0.2) is 0 Å². The second-order valence-electron chi connectivity index (χ2n) is 6.33. The zero-order chi connectivity index (χ0) is 16.8. The van der Waals surface area contributed by atoms with E-state index in [1.807, 2.05) is 0 Å². The molecule has 4 nitrogen and oxygen atoms in total. The number of alkyl halides is 3. The molecule has 1 aliphatic carbocycles. The molecule has 0 radical (unpaired) electrons. The average molecular weight is 323 g/mol. The highest BCUT2D eigenvalue weighted by Crippen LogP contribution is 2.42. The minimum atomic E-state index is -4.15. The monoisotopic (exact) mass is 323 g/mol. The Morgan fingerprint density at radius 3 is 2.55 bits per heavy atom. The van der Waals surface area contributed by atoms with E-state index in [2.05, 4.69) is 36.4 Å². The molecule has 1 rings (SSSR count). The second-order valence-corrected chi connectivity index (χ2v) is 6.33. The summed E-state index contributed by atoms with van der Waals surface area (Å²) in [6.45, 7) is 6.92. The lowest BCUT2D eigenvalue weighted by atomic mass is 9.64. The van der Waals surface area contributed by atoms with Gasteiger partial charge < -0.3 is 15.4 Å². The van der Waals surface area contributed by atoms with Crippen LogP contribution in [0.15, 0.2) is 4.99 Å². The molecule has 1 aliphatic rings. The van der Waals surface area contributed by atoms with Gasteiger partial charge in [-0.15, -0.1) is 0 Å². The molecule has 0 spiro atoms. The number of nitrogens with zero attached hydrogens (tertiary/aromatic N) is 1. The molecule has 130 valence electrons. The first-order valence-electron chi connectivity index (χ1n) is 7.86. The standard InChI is InChI=1S/C15H28F3N3O/c1-5-6-9-22-12-10-11(14(12,2)3)21-13(19-4)20-8-7-15(16,17)18/h11-12H,5-10H2,1-4H3,(H2,19,20,21). The van der Waals surface area contributed by atoms with Crippen LogP contribution in [0.2, 0.25) is 0 Å². The van der Waals surface area contributed by atoms with Crippen molar-refractivity contribution in [3.05, 3.63) is 0 Å². The number of guanidine groups is 1. The number of ether oxygens (including phenoxy) is 1. The molecule has 0 aromatic rings. The number of unbranched alkanes of at least 4 members (excludes halogenated alkanes) is 1. The molecule has 2 unspecified atom stereocenters. The van der Waals surface area contributed by atoms with E-state index in [4.69, 9.17) is 4.74 Å². The maximum absolute atomic E-state index is 12.2. The average Bonchev–Trinajstić information content (AvgIpc) is 2.42. The summed E-state index contributed by atoms with van der Waals surface area (Å²) in [5.74, 6) is 0.411. The summed E-state index contributed by atoms with van der Waals surface area (Å²) in [5, 5.41) is 5.90. The van der Waals surface area contributed by atoms with Gasteiger partial charge in [-0.1, -0.05) is 27.2 Å². The van der Waals surface area contributed by atoms with E-state index in [0.717, 1.165) is 25.9 Å². The Morgan fingerprint density at radius 2 is 2.05 bits per heavy atom. The molecular weight excluding hydrogens is 295 g/mol. The third-order valence-corrected chi connectivity index (χ3v) is 4.23. The molecule has 1 saturated carbocycles. The van der Waals surface area contributed by atoms with Crippen LogP contribution in [0.25, 0.3) is 0 Å². The van der Waals surface area contributed by atoms with Gasteiger partial charge in [0.1, 0.15) is 0 Å². The van der Waals surface area contributed by atoms with E-state index in [9.17, 15) is 13.2 Å². The molecule has 2 atom stereocenters. The fraction of sp³-hybridized carbons (Fsp3) is 0.933.